The third kappa shape index (κ3) is 5.97. The summed E-state index contributed by atoms with van der Waals surface area (Å²) in [5.41, 5.74) is 1.25. The van der Waals surface area contributed by atoms with Crippen LogP contribution in [0.2, 0.25) is 0 Å². The number of benzene rings is 1. The lowest BCUT2D eigenvalue weighted by atomic mass is 10.3. The second-order valence-electron chi connectivity index (χ2n) is 5.95. The quantitative estimate of drug-likeness (QED) is 0.450. The monoisotopic (exact) mass is 461 g/mol. The Kier molecular flexibility index (Phi) is 6.95. The van der Waals surface area contributed by atoms with E-state index in [1.807, 2.05) is 6.07 Å². The van der Waals surface area contributed by atoms with Crippen molar-refractivity contribution in [2.75, 3.05) is 31.0 Å². The molecule has 0 atom stereocenters. The van der Waals surface area contributed by atoms with Crippen LogP contribution in [0.15, 0.2) is 35.4 Å². The highest BCUT2D eigenvalue weighted by atomic mass is 32.2. The van der Waals surface area contributed by atoms with E-state index < -0.39 is 22.0 Å². The zero-order valence-electron chi connectivity index (χ0n) is 16.4. The van der Waals surface area contributed by atoms with E-state index in [4.69, 9.17) is 14.6 Å². The van der Waals surface area contributed by atoms with Crippen molar-refractivity contribution in [1.82, 2.24) is 15.0 Å². The first kappa shape index (κ1) is 23.7. The predicted octanol–water partition coefficient (Wildman–Crippen LogP) is 2.79. The Morgan fingerprint density at radius 1 is 1.23 bits per heavy atom. The van der Waals surface area contributed by atoms with Crippen LogP contribution in [-0.2, 0) is 14.6 Å². The number of alkyl halides is 3. The number of aliphatic carboxylic acids is 1. The van der Waals surface area contributed by atoms with E-state index in [0.717, 1.165) is 11.6 Å². The lowest BCUT2D eigenvalue weighted by Crippen LogP contribution is -2.21. The first-order valence-corrected chi connectivity index (χ1v) is 10.2. The number of carbonyl (C=O) groups is 1. The van der Waals surface area contributed by atoms with Crippen LogP contribution in [0.4, 0.5) is 30.6 Å². The second kappa shape index (κ2) is 9.07. The summed E-state index contributed by atoms with van der Waals surface area (Å²) in [6.45, 7) is 0. The van der Waals surface area contributed by atoms with E-state index in [1.165, 1.54) is 19.2 Å². The summed E-state index contributed by atoms with van der Waals surface area (Å²) >= 11 is 0. The van der Waals surface area contributed by atoms with Gasteiger partial charge < -0.3 is 25.5 Å². The summed E-state index contributed by atoms with van der Waals surface area (Å²) in [4.78, 5) is 20.9. The molecule has 4 N–H and O–H groups in total. The van der Waals surface area contributed by atoms with E-state index in [-0.39, 0.29) is 4.90 Å². The molecule has 0 aliphatic heterocycles. The van der Waals surface area contributed by atoms with Gasteiger partial charge in [0.1, 0.15) is 17.2 Å². The van der Waals surface area contributed by atoms with Gasteiger partial charge in [0.05, 0.1) is 23.1 Å². The van der Waals surface area contributed by atoms with Gasteiger partial charge in [-0.1, -0.05) is 0 Å². The van der Waals surface area contributed by atoms with Crippen LogP contribution in [-0.4, -0.2) is 61.0 Å². The molecule has 168 valence electrons. The number of hydrogen-bond donors (Lipinski definition) is 4. The summed E-state index contributed by atoms with van der Waals surface area (Å²) in [6, 6.07) is 6.47. The average Bonchev–Trinajstić information content (AvgIpc) is 3.15. The van der Waals surface area contributed by atoms with Gasteiger partial charge in [0.2, 0.25) is 5.95 Å². The number of aromatic nitrogens is 3. The molecule has 2 heterocycles. The van der Waals surface area contributed by atoms with Gasteiger partial charge in [-0.3, -0.25) is 0 Å². The zero-order valence-corrected chi connectivity index (χ0v) is 17.2. The number of fused-ring (bicyclic) bond motifs is 1. The van der Waals surface area contributed by atoms with Gasteiger partial charge in [0.25, 0.3) is 0 Å². The summed E-state index contributed by atoms with van der Waals surface area (Å²) in [6.07, 6.45) is -2.15. The number of methoxy groups -OCH3 is 1. The Hall–Kier alpha value is -3.55. The number of hydrogen-bond acceptors (Lipinski definition) is 8. The number of nitrogens with zero attached hydrogens (tertiary/aromatic N) is 2. The Labute approximate surface area is 174 Å². The van der Waals surface area contributed by atoms with Crippen LogP contribution in [0.25, 0.3) is 11.0 Å². The molecule has 3 rings (SSSR count). The normalized spacial score (nSPS) is 11.4. The molecule has 0 unspecified atom stereocenters. The number of carboxylic acids is 1. The number of H-pyrrole nitrogens is 1. The first-order chi connectivity index (χ1) is 14.4. The maximum atomic E-state index is 11.7. The zero-order chi connectivity index (χ0) is 23.4. The maximum Gasteiger partial charge on any atom is 0.490 e. The standard InChI is InChI=1S/C15H17N5O3S.C2HF3O2/c1-16-13-10-6-7-17-14(10)20-15(19-13)18-11-5-4-9(24(3,21)22)8-12(11)23-2;3-2(4,5)1(6)7/h4-8H,1-3H3,(H3,16,17,18,19,20);(H,6,7). The number of carboxylic acid groups (broad SMARTS) is 1. The number of sulfone groups is 1. The third-order valence-corrected chi connectivity index (χ3v) is 4.85. The number of aromatic amines is 1. The maximum absolute atomic E-state index is 11.7. The van der Waals surface area contributed by atoms with Crippen molar-refractivity contribution >= 4 is 44.3 Å². The Morgan fingerprint density at radius 2 is 1.87 bits per heavy atom. The Balaban J connectivity index is 0.000000423. The first-order valence-electron chi connectivity index (χ1n) is 8.35. The van der Waals surface area contributed by atoms with Crippen LogP contribution < -0.4 is 15.4 Å². The van der Waals surface area contributed by atoms with E-state index in [0.29, 0.717) is 28.9 Å². The molecule has 31 heavy (non-hydrogen) atoms. The van der Waals surface area contributed by atoms with Gasteiger partial charge in [-0.05, 0) is 18.2 Å². The molecule has 0 bridgehead atoms. The molecular weight excluding hydrogens is 443 g/mol. The van der Waals surface area contributed by atoms with Gasteiger partial charge in [-0.25, -0.2) is 13.2 Å². The van der Waals surface area contributed by atoms with Crippen molar-refractivity contribution in [3.05, 3.63) is 30.5 Å². The van der Waals surface area contributed by atoms with Crippen molar-refractivity contribution in [2.24, 2.45) is 0 Å². The van der Waals surface area contributed by atoms with Crippen LogP contribution >= 0.6 is 0 Å². The molecule has 2 aromatic heterocycles. The molecule has 0 saturated carbocycles. The molecule has 3 aromatic rings. The largest absolute Gasteiger partial charge is 0.495 e. The van der Waals surface area contributed by atoms with Crippen molar-refractivity contribution in [1.29, 1.82) is 0 Å². The molecule has 0 fully saturated rings. The van der Waals surface area contributed by atoms with Crippen LogP contribution in [0, 0.1) is 0 Å². The lowest BCUT2D eigenvalue weighted by molar-refractivity contribution is -0.192. The average molecular weight is 461 g/mol. The van der Waals surface area contributed by atoms with Gasteiger partial charge in [-0.15, -0.1) is 0 Å². The number of halogens is 3. The molecule has 1 aromatic carbocycles. The molecule has 10 nitrogen and oxygen atoms in total. The molecule has 0 saturated heterocycles. The summed E-state index contributed by atoms with van der Waals surface area (Å²) in [7, 11) is -0.0604. The van der Waals surface area contributed by atoms with E-state index >= 15 is 0 Å². The third-order valence-electron chi connectivity index (χ3n) is 3.74. The number of anilines is 3. The van der Waals surface area contributed by atoms with Crippen LogP contribution in [0.5, 0.6) is 5.75 Å². The van der Waals surface area contributed by atoms with Gasteiger partial charge in [0.15, 0.2) is 9.84 Å². The molecule has 0 aliphatic rings. The topological polar surface area (TPSA) is 146 Å². The van der Waals surface area contributed by atoms with E-state index in [9.17, 15) is 21.6 Å². The van der Waals surface area contributed by atoms with Gasteiger partial charge in [-0.2, -0.15) is 23.1 Å². The highest BCUT2D eigenvalue weighted by Gasteiger charge is 2.38. The molecular formula is C17H18F3N5O5S. The van der Waals surface area contributed by atoms with Crippen LogP contribution in [0.3, 0.4) is 0 Å². The van der Waals surface area contributed by atoms with Crippen molar-refractivity contribution in [3.8, 4) is 5.75 Å². The van der Waals surface area contributed by atoms with Gasteiger partial charge >= 0.3 is 12.1 Å². The number of rotatable bonds is 5. The minimum absolute atomic E-state index is 0.182. The fraction of sp³-hybridized carbons (Fsp3) is 0.235. The number of nitrogens with one attached hydrogen (secondary N) is 3. The predicted molar refractivity (Wildman–Crippen MR) is 107 cm³/mol. The van der Waals surface area contributed by atoms with Crippen molar-refractivity contribution in [3.63, 3.8) is 0 Å². The Morgan fingerprint density at radius 3 is 2.39 bits per heavy atom. The Bertz CT molecular complexity index is 1190. The summed E-state index contributed by atoms with van der Waals surface area (Å²) in [5.74, 6) is -1.33. The van der Waals surface area contributed by atoms with E-state index in [1.54, 1.807) is 19.3 Å². The molecule has 0 amide bonds. The second-order valence-corrected chi connectivity index (χ2v) is 7.96. The highest BCUT2D eigenvalue weighted by molar-refractivity contribution is 7.90. The lowest BCUT2D eigenvalue weighted by Gasteiger charge is -2.12. The fourth-order valence-electron chi connectivity index (χ4n) is 2.31. The SMILES string of the molecule is CNc1nc(Nc2ccc(S(C)(=O)=O)cc2OC)nc2[nH]ccc12.O=C(O)C(F)(F)F. The number of ether oxygens (including phenoxy) is 1. The summed E-state index contributed by atoms with van der Waals surface area (Å²) < 4.78 is 60.3. The molecule has 0 spiro atoms. The molecule has 0 radical (unpaired) electrons. The van der Waals surface area contributed by atoms with Crippen LogP contribution in [0.1, 0.15) is 0 Å². The van der Waals surface area contributed by atoms with Crippen molar-refractivity contribution in [2.45, 2.75) is 11.1 Å². The van der Waals surface area contributed by atoms with Crippen molar-refractivity contribution < 1.29 is 36.2 Å². The van der Waals surface area contributed by atoms with Gasteiger partial charge in [0, 0.05) is 25.6 Å². The smallest absolute Gasteiger partial charge is 0.490 e. The minimum atomic E-state index is -5.08. The molecule has 14 heteroatoms. The fourth-order valence-corrected chi connectivity index (χ4v) is 2.95. The highest BCUT2D eigenvalue weighted by Crippen LogP contribution is 2.30. The molecule has 0 aliphatic carbocycles. The summed E-state index contributed by atoms with van der Waals surface area (Å²) in [5, 5.41) is 14.1. The minimum Gasteiger partial charge on any atom is -0.495 e. The van der Waals surface area contributed by atoms with E-state index in [2.05, 4.69) is 25.6 Å².